The van der Waals surface area contributed by atoms with Crippen molar-refractivity contribution in [3.8, 4) is 11.5 Å². The van der Waals surface area contributed by atoms with E-state index < -0.39 is 23.8 Å². The molecule has 2 aromatic carbocycles. The van der Waals surface area contributed by atoms with Crippen LogP contribution < -0.4 is 19.7 Å². The van der Waals surface area contributed by atoms with Gasteiger partial charge >= 0.3 is 5.97 Å². The molecule has 2 heterocycles. The van der Waals surface area contributed by atoms with E-state index in [0.29, 0.717) is 17.2 Å². The van der Waals surface area contributed by atoms with Crippen LogP contribution in [0.4, 0.5) is 5.69 Å². The first kappa shape index (κ1) is 18.8. The monoisotopic (exact) mass is 396 g/mol. The number of ether oxygens (including phenoxy) is 2. The molecule has 8 heteroatoms. The van der Waals surface area contributed by atoms with E-state index >= 15 is 0 Å². The second kappa shape index (κ2) is 7.83. The van der Waals surface area contributed by atoms with Crippen LogP contribution in [-0.4, -0.2) is 42.3 Å². The lowest BCUT2D eigenvalue weighted by atomic mass is 10.0. The molecule has 0 bridgehead atoms. The lowest BCUT2D eigenvalue weighted by Gasteiger charge is -2.19. The average Bonchev–Trinajstić information content (AvgIpc) is 3.34. The molecule has 2 aliphatic rings. The lowest BCUT2D eigenvalue weighted by molar-refractivity contribution is -0.142. The standard InChI is InChI=1S/C21H20N2O6/c24-19-9-14(11-23(19)15-6-7-17-18(10-15)29-12-28-17)20(25)22-16(21(26)27)8-13-4-2-1-3-5-13/h1-7,10,14,16H,8-9,11-12H2,(H,22,25)(H,26,27)/t14-,16+/m1/s1. The first-order valence-electron chi connectivity index (χ1n) is 9.28. The van der Waals surface area contributed by atoms with Crippen LogP contribution in [0.3, 0.4) is 0 Å². The molecule has 0 radical (unpaired) electrons. The number of benzene rings is 2. The minimum Gasteiger partial charge on any atom is -0.480 e. The van der Waals surface area contributed by atoms with Crippen LogP contribution in [0.2, 0.25) is 0 Å². The van der Waals surface area contributed by atoms with Crippen molar-refractivity contribution in [2.45, 2.75) is 18.9 Å². The number of aliphatic carboxylic acids is 1. The molecule has 0 saturated carbocycles. The van der Waals surface area contributed by atoms with Gasteiger partial charge in [-0.15, -0.1) is 0 Å². The van der Waals surface area contributed by atoms with Gasteiger partial charge in [-0.2, -0.15) is 0 Å². The molecule has 29 heavy (non-hydrogen) atoms. The molecule has 150 valence electrons. The summed E-state index contributed by atoms with van der Waals surface area (Å²) < 4.78 is 10.6. The van der Waals surface area contributed by atoms with Gasteiger partial charge in [-0.3, -0.25) is 9.59 Å². The second-order valence-electron chi connectivity index (χ2n) is 7.03. The van der Waals surface area contributed by atoms with E-state index in [1.807, 2.05) is 30.3 Å². The molecular formula is C21H20N2O6. The average molecular weight is 396 g/mol. The summed E-state index contributed by atoms with van der Waals surface area (Å²) in [7, 11) is 0. The van der Waals surface area contributed by atoms with Crippen molar-refractivity contribution in [2.75, 3.05) is 18.2 Å². The van der Waals surface area contributed by atoms with Crippen molar-refractivity contribution >= 4 is 23.5 Å². The van der Waals surface area contributed by atoms with E-state index in [-0.39, 0.29) is 32.1 Å². The van der Waals surface area contributed by atoms with Crippen LogP contribution in [0, 0.1) is 5.92 Å². The number of amides is 2. The number of carbonyl (C=O) groups excluding carboxylic acids is 2. The number of carboxylic acid groups (broad SMARTS) is 1. The zero-order valence-electron chi connectivity index (χ0n) is 15.5. The molecule has 1 saturated heterocycles. The van der Waals surface area contributed by atoms with Crippen molar-refractivity contribution in [2.24, 2.45) is 5.92 Å². The fourth-order valence-corrected chi connectivity index (χ4v) is 3.53. The van der Waals surface area contributed by atoms with Crippen LogP contribution in [0.5, 0.6) is 11.5 Å². The third-order valence-electron chi connectivity index (χ3n) is 5.06. The molecule has 0 aromatic heterocycles. The zero-order valence-corrected chi connectivity index (χ0v) is 15.5. The molecule has 0 spiro atoms. The van der Waals surface area contributed by atoms with E-state index in [9.17, 15) is 19.5 Å². The van der Waals surface area contributed by atoms with E-state index in [2.05, 4.69) is 5.32 Å². The minimum absolute atomic E-state index is 0.0257. The smallest absolute Gasteiger partial charge is 0.326 e. The second-order valence-corrected chi connectivity index (χ2v) is 7.03. The Kier molecular flexibility index (Phi) is 5.07. The number of nitrogens with zero attached hydrogens (tertiary/aromatic N) is 1. The Morgan fingerprint density at radius 2 is 1.90 bits per heavy atom. The lowest BCUT2D eigenvalue weighted by Crippen LogP contribution is -2.45. The van der Waals surface area contributed by atoms with Crippen LogP contribution in [0.1, 0.15) is 12.0 Å². The zero-order chi connectivity index (χ0) is 20.4. The molecule has 2 amide bonds. The van der Waals surface area contributed by atoms with Gasteiger partial charge in [-0.05, 0) is 17.7 Å². The highest BCUT2D eigenvalue weighted by molar-refractivity contribution is 6.01. The van der Waals surface area contributed by atoms with Gasteiger partial charge < -0.3 is 24.8 Å². The molecular weight excluding hydrogens is 376 g/mol. The van der Waals surface area contributed by atoms with Crippen molar-refractivity contribution < 1.29 is 29.0 Å². The summed E-state index contributed by atoms with van der Waals surface area (Å²) in [5.74, 6) is -1.20. The Labute approximate surface area is 167 Å². The number of hydrogen-bond acceptors (Lipinski definition) is 5. The van der Waals surface area contributed by atoms with E-state index in [1.165, 1.54) is 4.90 Å². The van der Waals surface area contributed by atoms with Crippen molar-refractivity contribution in [3.63, 3.8) is 0 Å². The molecule has 1 fully saturated rings. The third kappa shape index (κ3) is 4.01. The highest BCUT2D eigenvalue weighted by atomic mass is 16.7. The topological polar surface area (TPSA) is 105 Å². The van der Waals surface area contributed by atoms with Gasteiger partial charge in [0.1, 0.15) is 6.04 Å². The van der Waals surface area contributed by atoms with Crippen LogP contribution in [-0.2, 0) is 20.8 Å². The summed E-state index contributed by atoms with van der Waals surface area (Å²) >= 11 is 0. The fourth-order valence-electron chi connectivity index (χ4n) is 3.53. The van der Waals surface area contributed by atoms with E-state index in [0.717, 1.165) is 5.56 Å². The molecule has 2 N–H and O–H groups in total. The highest BCUT2D eigenvalue weighted by Gasteiger charge is 2.37. The Bertz CT molecular complexity index is 945. The van der Waals surface area contributed by atoms with Gasteiger partial charge in [0.05, 0.1) is 5.92 Å². The number of rotatable bonds is 6. The van der Waals surface area contributed by atoms with Crippen LogP contribution >= 0.6 is 0 Å². The Morgan fingerprint density at radius 3 is 2.66 bits per heavy atom. The number of fused-ring (bicyclic) bond motifs is 1. The van der Waals surface area contributed by atoms with Crippen LogP contribution in [0.15, 0.2) is 48.5 Å². The normalized spacial score (nSPS) is 18.6. The molecule has 2 aromatic rings. The summed E-state index contributed by atoms with van der Waals surface area (Å²) in [5, 5.41) is 12.1. The van der Waals surface area contributed by atoms with Gasteiger partial charge in [0.25, 0.3) is 0 Å². The van der Waals surface area contributed by atoms with Crippen molar-refractivity contribution in [1.29, 1.82) is 0 Å². The number of carbonyl (C=O) groups is 3. The molecule has 4 rings (SSSR count). The number of carboxylic acids is 1. The third-order valence-corrected chi connectivity index (χ3v) is 5.06. The van der Waals surface area contributed by atoms with Crippen molar-refractivity contribution in [3.05, 3.63) is 54.1 Å². The van der Waals surface area contributed by atoms with E-state index in [4.69, 9.17) is 9.47 Å². The Morgan fingerprint density at radius 1 is 1.14 bits per heavy atom. The van der Waals surface area contributed by atoms with Crippen LogP contribution in [0.25, 0.3) is 0 Å². The maximum atomic E-state index is 12.7. The summed E-state index contributed by atoms with van der Waals surface area (Å²) in [6.07, 6.45) is 0.201. The first-order chi connectivity index (χ1) is 14.0. The molecule has 2 aliphatic heterocycles. The number of hydrogen-bond donors (Lipinski definition) is 2. The number of nitrogens with one attached hydrogen (secondary N) is 1. The first-order valence-corrected chi connectivity index (χ1v) is 9.28. The quantitative estimate of drug-likeness (QED) is 0.768. The highest BCUT2D eigenvalue weighted by Crippen LogP contribution is 2.37. The Balaban J connectivity index is 1.42. The molecule has 0 unspecified atom stereocenters. The molecule has 0 aliphatic carbocycles. The van der Waals surface area contributed by atoms with Gasteiger partial charge in [0.15, 0.2) is 11.5 Å². The maximum absolute atomic E-state index is 12.7. The molecule has 8 nitrogen and oxygen atoms in total. The van der Waals surface area contributed by atoms with Gasteiger partial charge in [0, 0.05) is 31.1 Å². The predicted octanol–water partition coefficient (Wildman–Crippen LogP) is 1.58. The van der Waals surface area contributed by atoms with Crippen molar-refractivity contribution in [1.82, 2.24) is 5.32 Å². The largest absolute Gasteiger partial charge is 0.480 e. The van der Waals surface area contributed by atoms with E-state index in [1.54, 1.807) is 18.2 Å². The Hall–Kier alpha value is -3.55. The summed E-state index contributed by atoms with van der Waals surface area (Å²) in [4.78, 5) is 38.2. The summed E-state index contributed by atoms with van der Waals surface area (Å²) in [6, 6.07) is 13.2. The number of anilines is 1. The minimum atomic E-state index is -1.11. The van der Waals surface area contributed by atoms with Gasteiger partial charge in [-0.25, -0.2) is 4.79 Å². The summed E-state index contributed by atoms with van der Waals surface area (Å²) in [6.45, 7) is 0.317. The molecule has 2 atom stereocenters. The maximum Gasteiger partial charge on any atom is 0.326 e. The van der Waals surface area contributed by atoms with Gasteiger partial charge in [-0.1, -0.05) is 30.3 Å². The predicted molar refractivity (Wildman–Crippen MR) is 103 cm³/mol. The van der Waals surface area contributed by atoms with Gasteiger partial charge in [0.2, 0.25) is 18.6 Å². The fraction of sp³-hybridized carbons (Fsp3) is 0.286. The SMILES string of the molecule is O=C(N[C@@H](Cc1ccccc1)C(=O)O)[C@@H]1CC(=O)N(c2ccc3c(c2)OCO3)C1. The summed E-state index contributed by atoms with van der Waals surface area (Å²) in [5.41, 5.74) is 1.43.